The smallest absolute Gasteiger partial charge is 0.131 e. The van der Waals surface area contributed by atoms with Crippen molar-refractivity contribution in [3.8, 4) is 23.7 Å². The molecule has 0 aliphatic heterocycles. The zero-order chi connectivity index (χ0) is 41.9. The maximum Gasteiger partial charge on any atom is 0.131 e. The molecule has 0 radical (unpaired) electrons. The van der Waals surface area contributed by atoms with E-state index in [1.807, 2.05) is 40.8 Å². The Hall–Kier alpha value is -4.11. The van der Waals surface area contributed by atoms with E-state index < -0.39 is 6.67 Å². The molecule has 6 nitrogen and oxygen atoms in total. The van der Waals surface area contributed by atoms with E-state index in [1.54, 1.807) is 18.3 Å². The van der Waals surface area contributed by atoms with Gasteiger partial charge < -0.3 is 16.8 Å². The first kappa shape index (κ1) is 52.0. The largest absolute Gasteiger partial charge is 0.398 e. The van der Waals surface area contributed by atoms with Crippen LogP contribution in [-0.4, -0.2) is 29.3 Å². The summed E-state index contributed by atoms with van der Waals surface area (Å²) in [7, 11) is 0. The van der Waals surface area contributed by atoms with Crippen LogP contribution < -0.4 is 16.8 Å². The van der Waals surface area contributed by atoms with Crippen LogP contribution in [0.2, 0.25) is 5.02 Å². The van der Waals surface area contributed by atoms with Gasteiger partial charge in [-0.05, 0) is 99.2 Å². The van der Waals surface area contributed by atoms with Crippen LogP contribution in [0.1, 0.15) is 146 Å². The molecule has 4 rings (SSSR count). The fraction of sp³-hybridized carbons (Fsp3) is 0.522. The number of aliphatic imine (C=N–C) groups is 1. The number of rotatable bonds is 12. The van der Waals surface area contributed by atoms with Crippen molar-refractivity contribution in [2.24, 2.45) is 16.6 Å². The van der Waals surface area contributed by atoms with E-state index in [2.05, 4.69) is 113 Å². The van der Waals surface area contributed by atoms with Crippen LogP contribution in [0, 0.1) is 39.2 Å². The van der Waals surface area contributed by atoms with Gasteiger partial charge in [0.1, 0.15) is 6.67 Å². The first-order valence-electron chi connectivity index (χ1n) is 19.7. The molecule has 0 bridgehead atoms. The fourth-order valence-electron chi connectivity index (χ4n) is 5.56. The number of terminal acetylenes is 1. The molecule has 2 unspecified atom stereocenters. The Kier molecular flexibility index (Phi) is 28.2. The summed E-state index contributed by atoms with van der Waals surface area (Å²) in [6, 6.07) is 9.92. The summed E-state index contributed by atoms with van der Waals surface area (Å²) in [5, 5.41) is 3.83. The van der Waals surface area contributed by atoms with Gasteiger partial charge in [-0.2, -0.15) is 0 Å². The molecule has 8 heteroatoms. The Balaban J connectivity index is 0. The van der Waals surface area contributed by atoms with E-state index in [9.17, 15) is 4.39 Å². The van der Waals surface area contributed by atoms with Gasteiger partial charge in [-0.15, -0.1) is 5.73 Å². The van der Waals surface area contributed by atoms with Crippen LogP contribution in [-0.2, 0) is 12.1 Å². The summed E-state index contributed by atoms with van der Waals surface area (Å²) >= 11 is 6.51. The SMILES string of the molecule is C#CN.C=C=CNCC(C)(c1cc(C(C)CC)c(C)c(-c2cc(CF)ncc2Cl)n1)C1CC1.CC.CC.CCC.CCCN=Cc1cc(C)cc(C)c1N. The lowest BCUT2D eigenvalue weighted by molar-refractivity contribution is 0.387. The zero-order valence-electron chi connectivity index (χ0n) is 35.9. The van der Waals surface area contributed by atoms with Crippen LogP contribution in [0.3, 0.4) is 0 Å². The van der Waals surface area contributed by atoms with Gasteiger partial charge in [0.25, 0.3) is 0 Å². The second kappa shape index (κ2) is 29.3. The Morgan fingerprint density at radius 3 is 2.20 bits per heavy atom. The Morgan fingerprint density at radius 1 is 1.11 bits per heavy atom. The van der Waals surface area contributed by atoms with Crippen molar-refractivity contribution >= 4 is 23.5 Å². The van der Waals surface area contributed by atoms with Gasteiger partial charge in [0, 0.05) is 59.6 Å². The number of nitrogens with zero attached hydrogens (tertiary/aromatic N) is 3. The average molecular weight is 764 g/mol. The number of nitrogen functional groups attached to an aromatic ring is 1. The lowest BCUT2D eigenvalue weighted by Gasteiger charge is -2.31. The van der Waals surface area contributed by atoms with E-state index in [0.29, 0.717) is 22.6 Å². The van der Waals surface area contributed by atoms with Crippen LogP contribution in [0.4, 0.5) is 10.1 Å². The standard InChI is InChI=1S/C25H31ClFN3.C12H18N2.C3H8.C2H3N.2C2H6/c1-6-10-28-15-25(5,18-8-9-18)23-12-20(16(3)7-2)17(4)24(30-23)21-11-19(13-27)29-14-22(21)26;1-4-5-14-8-11-7-9(2)6-10(3)12(11)13;1-3-2;1-2-3;2*1-2/h10-12,14,16,18,28H,1,7-9,13,15H2,2-5H3;6-8H,4-5,13H2,1-3H3;3H2,1-2H3;1H,3H2;2*1-2H3. The van der Waals surface area contributed by atoms with Crippen LogP contribution in [0.5, 0.6) is 0 Å². The van der Waals surface area contributed by atoms with Gasteiger partial charge in [-0.3, -0.25) is 15.0 Å². The van der Waals surface area contributed by atoms with Crippen LogP contribution >= 0.6 is 11.6 Å². The first-order chi connectivity index (χ1) is 25.8. The predicted octanol–water partition coefficient (Wildman–Crippen LogP) is 12.4. The molecule has 2 aromatic heterocycles. The number of alkyl halides is 1. The molecule has 1 aromatic carbocycles. The monoisotopic (exact) mass is 763 g/mol. The number of hydrogen-bond acceptors (Lipinski definition) is 6. The number of aromatic nitrogens is 2. The van der Waals surface area contributed by atoms with Gasteiger partial charge in [-0.1, -0.05) is 112 Å². The second-order valence-corrected chi connectivity index (χ2v) is 13.5. The zero-order valence-corrected chi connectivity index (χ0v) is 36.6. The molecule has 2 atom stereocenters. The van der Waals surface area contributed by atoms with Gasteiger partial charge >= 0.3 is 0 Å². The molecule has 1 aliphatic rings. The third-order valence-corrected chi connectivity index (χ3v) is 8.94. The van der Waals surface area contributed by atoms with Gasteiger partial charge in [-0.25, -0.2) is 4.39 Å². The molecular weight excluding hydrogens is 691 g/mol. The lowest BCUT2D eigenvalue weighted by atomic mass is 9.78. The Labute approximate surface area is 334 Å². The molecule has 0 amide bonds. The number of benzene rings is 1. The molecule has 1 aliphatic carbocycles. The quantitative estimate of drug-likeness (QED) is 0.0560. The van der Waals surface area contributed by atoms with E-state index in [-0.39, 0.29) is 5.41 Å². The number of hydrogen-bond donors (Lipinski definition) is 3. The van der Waals surface area contributed by atoms with Crippen molar-refractivity contribution < 1.29 is 4.39 Å². The summed E-state index contributed by atoms with van der Waals surface area (Å²) in [6.07, 6.45) is 15.3. The molecule has 300 valence electrons. The Bertz CT molecular complexity index is 1620. The minimum Gasteiger partial charge on any atom is -0.398 e. The second-order valence-electron chi connectivity index (χ2n) is 13.1. The highest BCUT2D eigenvalue weighted by atomic mass is 35.5. The first-order valence-corrected chi connectivity index (χ1v) is 20.0. The van der Waals surface area contributed by atoms with Crippen molar-refractivity contribution in [1.29, 1.82) is 0 Å². The Morgan fingerprint density at radius 2 is 1.70 bits per heavy atom. The lowest BCUT2D eigenvalue weighted by Crippen LogP contribution is -2.37. The maximum atomic E-state index is 13.3. The molecule has 2 heterocycles. The van der Waals surface area contributed by atoms with Crippen molar-refractivity contribution in [2.75, 3.05) is 18.8 Å². The molecule has 1 saturated carbocycles. The van der Waals surface area contributed by atoms with Crippen molar-refractivity contribution in [3.63, 3.8) is 0 Å². The van der Waals surface area contributed by atoms with Gasteiger partial charge in [0.2, 0.25) is 0 Å². The molecule has 1 fully saturated rings. The molecule has 54 heavy (non-hydrogen) atoms. The number of nitrogens with two attached hydrogens (primary N) is 2. The number of aryl methyl sites for hydroxylation is 2. The molecule has 0 saturated heterocycles. The highest BCUT2D eigenvalue weighted by Crippen LogP contribution is 2.48. The minimum absolute atomic E-state index is 0.125. The van der Waals surface area contributed by atoms with E-state index >= 15 is 0 Å². The molecule has 0 spiro atoms. The summed E-state index contributed by atoms with van der Waals surface area (Å²) in [6.45, 7) is 31.9. The van der Waals surface area contributed by atoms with Crippen molar-refractivity contribution in [3.05, 3.63) is 93.2 Å². The number of nitrogens with one attached hydrogen (secondary N) is 1. The van der Waals surface area contributed by atoms with Gasteiger partial charge in [0.15, 0.2) is 0 Å². The topological polar surface area (TPSA) is 102 Å². The summed E-state index contributed by atoms with van der Waals surface area (Å²) < 4.78 is 13.3. The van der Waals surface area contributed by atoms with Crippen molar-refractivity contribution in [2.45, 2.75) is 140 Å². The number of anilines is 1. The average Bonchev–Trinajstić information content (AvgIpc) is 4.03. The van der Waals surface area contributed by atoms with E-state index in [1.165, 1.54) is 36.6 Å². The van der Waals surface area contributed by atoms with E-state index in [0.717, 1.165) is 65.3 Å². The maximum absolute atomic E-state index is 13.3. The number of halogens is 2. The van der Waals surface area contributed by atoms with Gasteiger partial charge in [0.05, 0.1) is 16.4 Å². The molecule has 5 N–H and O–H groups in total. The van der Waals surface area contributed by atoms with Crippen LogP contribution in [0.15, 0.2) is 54.0 Å². The third-order valence-electron chi connectivity index (χ3n) is 8.64. The number of pyridine rings is 2. The summed E-state index contributed by atoms with van der Waals surface area (Å²) in [4.78, 5) is 13.5. The van der Waals surface area contributed by atoms with E-state index in [4.69, 9.17) is 22.3 Å². The summed E-state index contributed by atoms with van der Waals surface area (Å²) in [5.41, 5.74) is 22.6. The molecule has 3 aromatic rings. The minimum atomic E-state index is -0.626. The third kappa shape index (κ3) is 16.9. The van der Waals surface area contributed by atoms with Crippen LogP contribution in [0.25, 0.3) is 11.3 Å². The van der Waals surface area contributed by atoms with Crippen molar-refractivity contribution in [1.82, 2.24) is 15.3 Å². The summed E-state index contributed by atoms with van der Waals surface area (Å²) in [5.74, 6) is 0.960. The molecular formula is C46H72ClFN6. The predicted molar refractivity (Wildman–Crippen MR) is 237 cm³/mol. The normalized spacial score (nSPS) is 12.7. The highest BCUT2D eigenvalue weighted by molar-refractivity contribution is 6.33. The highest BCUT2D eigenvalue weighted by Gasteiger charge is 2.44. The fourth-order valence-corrected chi connectivity index (χ4v) is 5.75.